The molecule has 5 rings (SSSR count). The van der Waals surface area contributed by atoms with Crippen LogP contribution in [0.15, 0.2) is 84.9 Å². The Balaban J connectivity index is 1.31. The first-order chi connectivity index (χ1) is 17.0. The monoisotopic (exact) mass is 462 g/mol. The average Bonchev–Trinajstić information content (AvgIpc) is 2.88. The lowest BCUT2D eigenvalue weighted by atomic mass is 9.72. The Morgan fingerprint density at radius 2 is 1.74 bits per heavy atom. The molecule has 35 heavy (non-hydrogen) atoms. The quantitative estimate of drug-likeness (QED) is 0.299. The number of aryl methyl sites for hydroxylation is 1. The number of carbonyl (C=O) groups is 1. The van der Waals surface area contributed by atoms with Gasteiger partial charge in [0.1, 0.15) is 0 Å². The molecule has 0 heterocycles. The van der Waals surface area contributed by atoms with Crippen LogP contribution in [0.1, 0.15) is 82.6 Å². The van der Waals surface area contributed by atoms with Gasteiger partial charge in [0.25, 0.3) is 0 Å². The van der Waals surface area contributed by atoms with Crippen molar-refractivity contribution in [2.24, 2.45) is 5.92 Å². The number of benzene rings is 4. The van der Waals surface area contributed by atoms with Crippen molar-refractivity contribution < 1.29 is 9.90 Å². The Kier molecular flexibility index (Phi) is 6.72. The van der Waals surface area contributed by atoms with Crippen LogP contribution in [-0.2, 0) is 6.42 Å². The first-order valence-electron chi connectivity index (χ1n) is 12.9. The summed E-state index contributed by atoms with van der Waals surface area (Å²) in [7, 11) is 0. The molecule has 0 saturated carbocycles. The molecule has 4 aromatic rings. The third-order valence-corrected chi connectivity index (χ3v) is 8.01. The molecule has 1 aliphatic carbocycles. The van der Waals surface area contributed by atoms with Crippen LogP contribution < -0.4 is 0 Å². The first kappa shape index (κ1) is 23.4. The zero-order valence-corrected chi connectivity index (χ0v) is 20.7. The fourth-order valence-corrected chi connectivity index (χ4v) is 6.09. The molecule has 1 N–H and O–H groups in total. The van der Waals surface area contributed by atoms with Gasteiger partial charge in [-0.15, -0.1) is 0 Å². The third-order valence-electron chi connectivity index (χ3n) is 8.01. The van der Waals surface area contributed by atoms with Gasteiger partial charge in [0.15, 0.2) is 0 Å². The van der Waals surface area contributed by atoms with Gasteiger partial charge in [-0.1, -0.05) is 98.6 Å². The second-order valence-electron chi connectivity index (χ2n) is 10.3. The molecule has 0 saturated heterocycles. The highest BCUT2D eigenvalue weighted by Gasteiger charge is 2.28. The first-order valence-corrected chi connectivity index (χ1v) is 12.9. The summed E-state index contributed by atoms with van der Waals surface area (Å²) in [5.41, 5.74) is 6.63. The minimum Gasteiger partial charge on any atom is -0.478 e. The summed E-state index contributed by atoms with van der Waals surface area (Å²) < 4.78 is 0. The molecule has 2 heteroatoms. The van der Waals surface area contributed by atoms with E-state index in [4.69, 9.17) is 0 Å². The standard InChI is InChI=1S/C33H34O2/c1-22(28-16-8-13-25-11-3-5-14-29(25)28)9-7-10-24-19-26-12-4-6-15-30(26)32(20-24)27-18-17-23(2)31(21-27)33(34)35/h3-6,8,11-18,21-22,24,32H,7,9-10,19-20H2,1-2H3,(H,34,35)/t22-,24+,32?/m0/s1. The molecule has 0 radical (unpaired) electrons. The maximum Gasteiger partial charge on any atom is 0.335 e. The van der Waals surface area contributed by atoms with Crippen molar-refractivity contribution in [1.29, 1.82) is 0 Å². The molecular formula is C33H34O2. The average molecular weight is 463 g/mol. The van der Waals surface area contributed by atoms with Crippen molar-refractivity contribution in [3.8, 4) is 0 Å². The Morgan fingerprint density at radius 3 is 2.60 bits per heavy atom. The maximum absolute atomic E-state index is 11.8. The summed E-state index contributed by atoms with van der Waals surface area (Å²) in [5, 5.41) is 12.4. The summed E-state index contributed by atoms with van der Waals surface area (Å²) in [6, 6.07) is 30.1. The SMILES string of the molecule is Cc1ccc(C2C[C@H](CCC[C@H](C)c3cccc4ccccc34)Cc3ccccc32)cc1C(=O)O. The van der Waals surface area contributed by atoms with E-state index in [1.54, 1.807) is 0 Å². The molecular weight excluding hydrogens is 428 g/mol. The fraction of sp³-hybridized carbons (Fsp3) is 0.303. The van der Waals surface area contributed by atoms with E-state index < -0.39 is 5.97 Å². The number of rotatable bonds is 7. The molecule has 178 valence electrons. The van der Waals surface area contributed by atoms with Crippen LogP contribution in [0.4, 0.5) is 0 Å². The summed E-state index contributed by atoms with van der Waals surface area (Å²) in [6.45, 7) is 4.24. The number of carboxylic acid groups (broad SMARTS) is 1. The van der Waals surface area contributed by atoms with Gasteiger partial charge >= 0.3 is 5.97 Å². The number of fused-ring (bicyclic) bond motifs is 2. The van der Waals surface area contributed by atoms with Gasteiger partial charge in [0, 0.05) is 5.92 Å². The van der Waals surface area contributed by atoms with E-state index in [1.165, 1.54) is 46.7 Å². The van der Waals surface area contributed by atoms with E-state index in [1.807, 2.05) is 19.1 Å². The van der Waals surface area contributed by atoms with Gasteiger partial charge in [-0.2, -0.15) is 0 Å². The van der Waals surface area contributed by atoms with Crippen LogP contribution >= 0.6 is 0 Å². The minimum absolute atomic E-state index is 0.263. The lowest BCUT2D eigenvalue weighted by molar-refractivity contribution is 0.0696. The molecule has 0 aliphatic heterocycles. The molecule has 0 aromatic heterocycles. The van der Waals surface area contributed by atoms with Gasteiger partial charge in [0.05, 0.1) is 5.56 Å². The van der Waals surface area contributed by atoms with Crippen LogP contribution in [0, 0.1) is 12.8 Å². The van der Waals surface area contributed by atoms with Crippen molar-refractivity contribution >= 4 is 16.7 Å². The smallest absolute Gasteiger partial charge is 0.335 e. The van der Waals surface area contributed by atoms with Gasteiger partial charge in [-0.05, 0) is 82.7 Å². The van der Waals surface area contributed by atoms with Crippen molar-refractivity contribution in [3.63, 3.8) is 0 Å². The molecule has 1 aliphatic rings. The molecule has 3 atom stereocenters. The lowest BCUT2D eigenvalue weighted by Crippen LogP contribution is -2.20. The molecule has 0 fully saturated rings. The number of hydrogen-bond acceptors (Lipinski definition) is 1. The van der Waals surface area contributed by atoms with Crippen LogP contribution in [0.25, 0.3) is 10.8 Å². The predicted molar refractivity (Wildman–Crippen MR) is 144 cm³/mol. The normalized spacial score (nSPS) is 18.2. The number of carboxylic acids is 1. The van der Waals surface area contributed by atoms with Gasteiger partial charge < -0.3 is 5.11 Å². The second-order valence-corrected chi connectivity index (χ2v) is 10.3. The van der Waals surface area contributed by atoms with Gasteiger partial charge in [-0.25, -0.2) is 4.79 Å². The van der Waals surface area contributed by atoms with Gasteiger partial charge in [0.2, 0.25) is 0 Å². The molecule has 2 nitrogen and oxygen atoms in total. The summed E-state index contributed by atoms with van der Waals surface area (Å²) in [6.07, 6.45) is 5.80. The highest BCUT2D eigenvalue weighted by Crippen LogP contribution is 2.42. The molecule has 0 spiro atoms. The van der Waals surface area contributed by atoms with E-state index in [9.17, 15) is 9.90 Å². The molecule has 0 bridgehead atoms. The highest BCUT2D eigenvalue weighted by atomic mass is 16.4. The van der Waals surface area contributed by atoms with E-state index in [-0.39, 0.29) is 5.92 Å². The van der Waals surface area contributed by atoms with E-state index >= 15 is 0 Å². The third kappa shape index (κ3) is 4.89. The Bertz CT molecular complexity index is 1350. The summed E-state index contributed by atoms with van der Waals surface area (Å²) in [5.74, 6) is 0.568. The minimum atomic E-state index is -0.840. The largest absolute Gasteiger partial charge is 0.478 e. The van der Waals surface area contributed by atoms with Crippen LogP contribution in [0.5, 0.6) is 0 Å². The zero-order valence-electron chi connectivity index (χ0n) is 20.7. The van der Waals surface area contributed by atoms with Gasteiger partial charge in [-0.3, -0.25) is 0 Å². The topological polar surface area (TPSA) is 37.3 Å². The van der Waals surface area contributed by atoms with E-state index in [0.29, 0.717) is 17.4 Å². The Hall–Kier alpha value is -3.39. The molecule has 0 amide bonds. The Labute approximate surface area is 208 Å². The zero-order chi connectivity index (χ0) is 24.4. The second kappa shape index (κ2) is 10.1. The number of hydrogen-bond donors (Lipinski definition) is 1. The van der Waals surface area contributed by atoms with Crippen LogP contribution in [0.2, 0.25) is 0 Å². The maximum atomic E-state index is 11.8. The van der Waals surface area contributed by atoms with Crippen molar-refractivity contribution in [2.75, 3.05) is 0 Å². The summed E-state index contributed by atoms with van der Waals surface area (Å²) in [4.78, 5) is 11.8. The van der Waals surface area contributed by atoms with Crippen molar-refractivity contribution in [2.45, 2.75) is 57.8 Å². The van der Waals surface area contributed by atoms with Crippen molar-refractivity contribution in [3.05, 3.63) is 118 Å². The molecule has 4 aromatic carbocycles. The van der Waals surface area contributed by atoms with Crippen LogP contribution in [-0.4, -0.2) is 11.1 Å². The van der Waals surface area contributed by atoms with E-state index in [0.717, 1.165) is 24.0 Å². The Morgan fingerprint density at radius 1 is 0.971 bits per heavy atom. The van der Waals surface area contributed by atoms with Crippen molar-refractivity contribution in [1.82, 2.24) is 0 Å². The predicted octanol–water partition coefficient (Wildman–Crippen LogP) is 8.51. The number of aromatic carboxylic acids is 1. The summed E-state index contributed by atoms with van der Waals surface area (Å²) >= 11 is 0. The lowest BCUT2D eigenvalue weighted by Gasteiger charge is -2.32. The van der Waals surface area contributed by atoms with E-state index in [2.05, 4.69) is 79.7 Å². The van der Waals surface area contributed by atoms with Crippen LogP contribution in [0.3, 0.4) is 0 Å². The molecule has 1 unspecified atom stereocenters. The fourth-order valence-electron chi connectivity index (χ4n) is 6.09. The highest BCUT2D eigenvalue weighted by molar-refractivity contribution is 5.89.